The highest BCUT2D eigenvalue weighted by molar-refractivity contribution is 7.22. The minimum absolute atomic E-state index is 0.145. The lowest BCUT2D eigenvalue weighted by molar-refractivity contribution is 0.0596. The van der Waals surface area contributed by atoms with Crippen LogP contribution < -0.4 is 0 Å². The number of nitrogens with zero attached hydrogens (tertiary/aromatic N) is 2. The lowest BCUT2D eigenvalue weighted by Gasteiger charge is -2.03. The number of carbonyl (C=O) groups excluding carboxylic acids is 1. The maximum atomic E-state index is 13.2. The van der Waals surface area contributed by atoms with E-state index in [0.29, 0.717) is 20.5 Å². The van der Waals surface area contributed by atoms with Gasteiger partial charge in [-0.15, -0.1) is 22.7 Å². The summed E-state index contributed by atoms with van der Waals surface area (Å²) in [6.07, 6.45) is 1.66. The Kier molecular flexibility index (Phi) is 4.19. The third-order valence-electron chi connectivity index (χ3n) is 2.80. The Morgan fingerprint density at radius 1 is 1.36 bits per heavy atom. The second-order valence-electron chi connectivity index (χ2n) is 4.15. The number of rotatable bonds is 3. The quantitative estimate of drug-likeness (QED) is 0.649. The second-order valence-corrected chi connectivity index (χ2v) is 6.45. The largest absolute Gasteiger partial charge is 0.464 e. The molecule has 0 atom stereocenters. The number of carbonyl (C=O) groups is 1. The molecule has 2 heterocycles. The van der Waals surface area contributed by atoms with Gasteiger partial charge < -0.3 is 4.74 Å². The molecule has 2 aromatic heterocycles. The van der Waals surface area contributed by atoms with Gasteiger partial charge in [-0.3, -0.25) is 0 Å². The van der Waals surface area contributed by atoms with E-state index in [9.17, 15) is 9.18 Å². The fourth-order valence-electron chi connectivity index (χ4n) is 1.83. The summed E-state index contributed by atoms with van der Waals surface area (Å²) >= 11 is 8.77. The van der Waals surface area contributed by atoms with Crippen LogP contribution in [0.5, 0.6) is 0 Å². The summed E-state index contributed by atoms with van der Waals surface area (Å²) in [5.41, 5.74) is 0.676. The third-order valence-corrected chi connectivity index (χ3v) is 5.11. The number of esters is 1. The van der Waals surface area contributed by atoms with Crippen molar-refractivity contribution >= 4 is 40.2 Å². The molecule has 0 aliphatic rings. The first-order valence-electron chi connectivity index (χ1n) is 6.04. The molecule has 112 valence electrons. The lowest BCUT2D eigenvalue weighted by atomic mass is 10.1. The SMILES string of the molecule is COC(=O)c1nc(-c2nccs2)sc1-c1ccc(F)cc1Cl. The van der Waals surface area contributed by atoms with Crippen molar-refractivity contribution in [1.29, 1.82) is 0 Å². The van der Waals surface area contributed by atoms with Gasteiger partial charge in [0.25, 0.3) is 0 Å². The fraction of sp³-hybridized carbons (Fsp3) is 0.0714. The predicted molar refractivity (Wildman–Crippen MR) is 85.0 cm³/mol. The Morgan fingerprint density at radius 3 is 2.82 bits per heavy atom. The molecule has 3 aromatic rings. The number of benzene rings is 1. The summed E-state index contributed by atoms with van der Waals surface area (Å²) in [6, 6.07) is 4.00. The van der Waals surface area contributed by atoms with Crippen molar-refractivity contribution in [2.45, 2.75) is 0 Å². The van der Waals surface area contributed by atoms with Crippen LogP contribution in [0.25, 0.3) is 20.5 Å². The van der Waals surface area contributed by atoms with Crippen molar-refractivity contribution in [2.24, 2.45) is 0 Å². The van der Waals surface area contributed by atoms with Crippen LogP contribution in [0.2, 0.25) is 5.02 Å². The molecule has 3 rings (SSSR count). The van der Waals surface area contributed by atoms with Crippen LogP contribution in [0, 0.1) is 5.82 Å². The van der Waals surface area contributed by atoms with E-state index >= 15 is 0 Å². The standard InChI is InChI=1S/C14H8ClFN2O2S2/c1-20-14(19)10-11(8-3-2-7(16)6-9(8)15)22-13(18-10)12-17-4-5-21-12/h2-6H,1H3. The van der Waals surface area contributed by atoms with Gasteiger partial charge in [-0.1, -0.05) is 11.6 Å². The van der Waals surface area contributed by atoms with Crippen LogP contribution in [0.4, 0.5) is 4.39 Å². The smallest absolute Gasteiger partial charge is 0.358 e. The number of methoxy groups -OCH3 is 1. The van der Waals surface area contributed by atoms with Crippen molar-refractivity contribution < 1.29 is 13.9 Å². The van der Waals surface area contributed by atoms with Crippen molar-refractivity contribution in [3.63, 3.8) is 0 Å². The van der Waals surface area contributed by atoms with E-state index in [2.05, 4.69) is 9.97 Å². The van der Waals surface area contributed by atoms with E-state index in [1.165, 1.54) is 48.0 Å². The van der Waals surface area contributed by atoms with Gasteiger partial charge in [0.15, 0.2) is 15.7 Å². The summed E-state index contributed by atoms with van der Waals surface area (Å²) < 4.78 is 18.0. The zero-order valence-corrected chi connectivity index (χ0v) is 13.6. The Balaban J connectivity index is 2.18. The first kappa shape index (κ1) is 15.1. The fourth-order valence-corrected chi connectivity index (χ4v) is 3.92. The van der Waals surface area contributed by atoms with Crippen LogP contribution in [-0.4, -0.2) is 23.0 Å². The maximum absolute atomic E-state index is 13.2. The zero-order valence-electron chi connectivity index (χ0n) is 11.2. The molecule has 8 heteroatoms. The van der Waals surface area contributed by atoms with E-state index < -0.39 is 11.8 Å². The van der Waals surface area contributed by atoms with Gasteiger partial charge in [0, 0.05) is 17.1 Å². The number of hydrogen-bond acceptors (Lipinski definition) is 6. The maximum Gasteiger partial charge on any atom is 0.358 e. The molecular formula is C14H8ClFN2O2S2. The molecule has 0 radical (unpaired) electrons. The molecule has 0 fully saturated rings. The number of hydrogen-bond donors (Lipinski definition) is 0. The van der Waals surface area contributed by atoms with Crippen LogP contribution in [0.15, 0.2) is 29.8 Å². The molecule has 0 spiro atoms. The third kappa shape index (κ3) is 2.75. The number of ether oxygens (including phenoxy) is 1. The molecule has 0 N–H and O–H groups in total. The monoisotopic (exact) mass is 354 g/mol. The van der Waals surface area contributed by atoms with Gasteiger partial charge in [-0.25, -0.2) is 19.2 Å². The molecule has 0 unspecified atom stereocenters. The molecule has 0 bridgehead atoms. The van der Waals surface area contributed by atoms with Crippen molar-refractivity contribution in [3.05, 3.63) is 46.3 Å². The predicted octanol–water partition coefficient (Wildman–Crippen LogP) is 4.51. The normalized spacial score (nSPS) is 10.7. The Labute approximate surface area is 138 Å². The highest BCUT2D eigenvalue weighted by atomic mass is 35.5. The second kappa shape index (κ2) is 6.12. The van der Waals surface area contributed by atoms with Crippen molar-refractivity contribution in [1.82, 2.24) is 9.97 Å². The highest BCUT2D eigenvalue weighted by Crippen LogP contribution is 2.39. The van der Waals surface area contributed by atoms with Crippen molar-refractivity contribution in [3.8, 4) is 20.5 Å². The average Bonchev–Trinajstić information content (AvgIpc) is 3.15. The van der Waals surface area contributed by atoms with Crippen molar-refractivity contribution in [2.75, 3.05) is 7.11 Å². The van der Waals surface area contributed by atoms with E-state index in [4.69, 9.17) is 16.3 Å². The first-order valence-corrected chi connectivity index (χ1v) is 8.12. The van der Waals surface area contributed by atoms with E-state index in [0.717, 1.165) is 0 Å². The summed E-state index contributed by atoms with van der Waals surface area (Å²) in [5, 5.41) is 3.31. The summed E-state index contributed by atoms with van der Waals surface area (Å²) in [7, 11) is 1.28. The average molecular weight is 355 g/mol. The minimum atomic E-state index is -0.575. The molecule has 0 amide bonds. The van der Waals surface area contributed by atoms with Gasteiger partial charge in [0.1, 0.15) is 5.82 Å². The van der Waals surface area contributed by atoms with Gasteiger partial charge in [-0.05, 0) is 18.2 Å². The van der Waals surface area contributed by atoms with Gasteiger partial charge in [0.05, 0.1) is 17.0 Å². The van der Waals surface area contributed by atoms with Crippen LogP contribution in [0.3, 0.4) is 0 Å². The minimum Gasteiger partial charge on any atom is -0.464 e. The van der Waals surface area contributed by atoms with Crippen LogP contribution in [0.1, 0.15) is 10.5 Å². The summed E-state index contributed by atoms with van der Waals surface area (Å²) in [6.45, 7) is 0. The summed E-state index contributed by atoms with van der Waals surface area (Å²) in [4.78, 5) is 21.0. The van der Waals surface area contributed by atoms with E-state index in [-0.39, 0.29) is 10.7 Å². The topological polar surface area (TPSA) is 52.1 Å². The molecular weight excluding hydrogens is 347 g/mol. The van der Waals surface area contributed by atoms with E-state index in [1.54, 1.807) is 6.20 Å². The number of thiazole rings is 2. The molecule has 0 saturated carbocycles. The van der Waals surface area contributed by atoms with Crippen LogP contribution >= 0.6 is 34.3 Å². The Morgan fingerprint density at radius 2 is 2.18 bits per heavy atom. The molecule has 22 heavy (non-hydrogen) atoms. The molecule has 0 aliphatic carbocycles. The van der Waals surface area contributed by atoms with Gasteiger partial charge in [-0.2, -0.15) is 0 Å². The lowest BCUT2D eigenvalue weighted by Crippen LogP contribution is -2.03. The van der Waals surface area contributed by atoms with Crippen LogP contribution in [-0.2, 0) is 4.74 Å². The molecule has 4 nitrogen and oxygen atoms in total. The van der Waals surface area contributed by atoms with Gasteiger partial charge in [0.2, 0.25) is 0 Å². The van der Waals surface area contributed by atoms with Gasteiger partial charge >= 0.3 is 5.97 Å². The molecule has 0 aliphatic heterocycles. The number of aromatic nitrogens is 2. The number of halogens is 2. The molecule has 1 aromatic carbocycles. The highest BCUT2D eigenvalue weighted by Gasteiger charge is 2.23. The molecule has 0 saturated heterocycles. The van der Waals surface area contributed by atoms with E-state index in [1.807, 2.05) is 5.38 Å². The first-order chi connectivity index (χ1) is 10.6. The Hall–Kier alpha value is -1.83. The summed E-state index contributed by atoms with van der Waals surface area (Å²) in [5.74, 6) is -1.02. The Bertz CT molecular complexity index is 833. The zero-order chi connectivity index (χ0) is 15.7.